The van der Waals surface area contributed by atoms with Crippen molar-refractivity contribution in [3.8, 4) is 0 Å². The molecule has 5 heteroatoms. The Morgan fingerprint density at radius 1 is 1.60 bits per heavy atom. The second-order valence-electron chi connectivity index (χ2n) is 3.32. The van der Waals surface area contributed by atoms with Crippen molar-refractivity contribution in [2.24, 2.45) is 5.73 Å². The Bertz CT molecular complexity index is 492. The number of rotatable bonds is 3. The summed E-state index contributed by atoms with van der Waals surface area (Å²) in [6.45, 7) is 0. The summed E-state index contributed by atoms with van der Waals surface area (Å²) in [5, 5.41) is 8.65. The molecule has 0 saturated carbocycles. The quantitative estimate of drug-likeness (QED) is 0.776. The number of imidazole rings is 1. The van der Waals surface area contributed by atoms with E-state index >= 15 is 0 Å². The van der Waals surface area contributed by atoms with E-state index in [9.17, 15) is 4.79 Å². The SMILES string of the molecule is NC(CC(=O)O)c1cnc2ccccn12. The zero-order valence-corrected chi connectivity index (χ0v) is 8.00. The molecule has 1 atom stereocenters. The van der Waals surface area contributed by atoms with E-state index in [2.05, 4.69) is 4.98 Å². The van der Waals surface area contributed by atoms with Crippen LogP contribution >= 0.6 is 0 Å². The number of aliphatic carboxylic acids is 1. The first-order valence-corrected chi connectivity index (χ1v) is 4.58. The van der Waals surface area contributed by atoms with Gasteiger partial charge in [-0.3, -0.25) is 4.79 Å². The summed E-state index contributed by atoms with van der Waals surface area (Å²) in [5.41, 5.74) is 7.25. The number of nitrogens with two attached hydrogens (primary N) is 1. The Labute approximate surface area is 86.2 Å². The van der Waals surface area contributed by atoms with Gasteiger partial charge in [0, 0.05) is 6.20 Å². The zero-order valence-electron chi connectivity index (χ0n) is 8.00. The lowest BCUT2D eigenvalue weighted by atomic mass is 10.1. The normalized spacial score (nSPS) is 12.9. The molecule has 0 saturated heterocycles. The molecule has 2 aromatic rings. The van der Waals surface area contributed by atoms with Crippen LogP contribution < -0.4 is 5.73 Å². The Kier molecular flexibility index (Phi) is 2.39. The van der Waals surface area contributed by atoms with Crippen LogP contribution in [0.2, 0.25) is 0 Å². The van der Waals surface area contributed by atoms with Crippen LogP contribution in [-0.4, -0.2) is 20.5 Å². The summed E-state index contributed by atoms with van der Waals surface area (Å²) in [6, 6.07) is 5.04. The standard InChI is InChI=1S/C10H11N3O2/c11-7(5-10(14)15)8-6-12-9-3-1-2-4-13(8)9/h1-4,6-7H,5,11H2,(H,14,15). The summed E-state index contributed by atoms with van der Waals surface area (Å²) < 4.78 is 1.80. The van der Waals surface area contributed by atoms with Gasteiger partial charge in [0.2, 0.25) is 0 Å². The van der Waals surface area contributed by atoms with Gasteiger partial charge < -0.3 is 15.2 Å². The number of hydrogen-bond acceptors (Lipinski definition) is 3. The molecule has 0 amide bonds. The van der Waals surface area contributed by atoms with Gasteiger partial charge in [-0.2, -0.15) is 0 Å². The van der Waals surface area contributed by atoms with Crippen molar-refractivity contribution in [2.45, 2.75) is 12.5 Å². The van der Waals surface area contributed by atoms with Crippen molar-refractivity contribution >= 4 is 11.6 Å². The summed E-state index contributed by atoms with van der Waals surface area (Å²) in [6.07, 6.45) is 3.34. The summed E-state index contributed by atoms with van der Waals surface area (Å²) in [4.78, 5) is 14.7. The average molecular weight is 205 g/mol. The van der Waals surface area contributed by atoms with Gasteiger partial charge in [-0.1, -0.05) is 6.07 Å². The molecule has 0 radical (unpaired) electrons. The first-order valence-electron chi connectivity index (χ1n) is 4.58. The molecule has 2 heterocycles. The van der Waals surface area contributed by atoms with Crippen LogP contribution in [0.1, 0.15) is 18.2 Å². The summed E-state index contributed by atoms with van der Waals surface area (Å²) in [5.74, 6) is -0.909. The van der Waals surface area contributed by atoms with Crippen molar-refractivity contribution in [2.75, 3.05) is 0 Å². The number of carboxylic acid groups (broad SMARTS) is 1. The molecule has 0 aliphatic rings. The number of nitrogens with zero attached hydrogens (tertiary/aromatic N) is 2. The summed E-state index contributed by atoms with van der Waals surface area (Å²) in [7, 11) is 0. The van der Waals surface area contributed by atoms with Crippen molar-refractivity contribution < 1.29 is 9.90 Å². The molecule has 0 aliphatic carbocycles. The van der Waals surface area contributed by atoms with Gasteiger partial charge in [-0.15, -0.1) is 0 Å². The third-order valence-corrected chi connectivity index (χ3v) is 2.22. The van der Waals surface area contributed by atoms with Gasteiger partial charge in [0.05, 0.1) is 24.4 Å². The third kappa shape index (κ3) is 1.82. The van der Waals surface area contributed by atoms with Crippen molar-refractivity contribution in [1.29, 1.82) is 0 Å². The number of carboxylic acids is 1. The number of pyridine rings is 1. The van der Waals surface area contributed by atoms with E-state index in [1.54, 1.807) is 10.6 Å². The molecular formula is C10H11N3O2. The average Bonchev–Trinajstić information content (AvgIpc) is 2.59. The van der Waals surface area contributed by atoms with Gasteiger partial charge in [-0.05, 0) is 12.1 Å². The van der Waals surface area contributed by atoms with Crippen molar-refractivity contribution in [3.05, 3.63) is 36.3 Å². The Balaban J connectivity index is 2.39. The van der Waals surface area contributed by atoms with Gasteiger partial charge in [0.1, 0.15) is 5.65 Å². The second kappa shape index (κ2) is 3.70. The summed E-state index contributed by atoms with van der Waals surface area (Å²) >= 11 is 0. The van der Waals surface area contributed by atoms with Gasteiger partial charge >= 0.3 is 5.97 Å². The predicted octanol–water partition coefficient (Wildman–Crippen LogP) is 0.809. The fourth-order valence-corrected chi connectivity index (χ4v) is 1.52. The number of hydrogen-bond donors (Lipinski definition) is 2. The van der Waals surface area contributed by atoms with Crippen molar-refractivity contribution in [1.82, 2.24) is 9.38 Å². The maximum Gasteiger partial charge on any atom is 0.305 e. The van der Waals surface area contributed by atoms with E-state index in [1.807, 2.05) is 24.4 Å². The molecule has 3 N–H and O–H groups in total. The fourth-order valence-electron chi connectivity index (χ4n) is 1.52. The zero-order chi connectivity index (χ0) is 10.8. The van der Waals surface area contributed by atoms with E-state index in [4.69, 9.17) is 10.8 Å². The van der Waals surface area contributed by atoms with Crippen LogP contribution in [0.15, 0.2) is 30.6 Å². The first-order chi connectivity index (χ1) is 7.18. The maximum atomic E-state index is 10.5. The molecular weight excluding hydrogens is 194 g/mol. The molecule has 5 nitrogen and oxygen atoms in total. The van der Waals surface area contributed by atoms with E-state index in [1.165, 1.54) is 0 Å². The molecule has 1 unspecified atom stereocenters. The molecule has 0 bridgehead atoms. The molecule has 0 spiro atoms. The number of carbonyl (C=O) groups is 1. The molecule has 78 valence electrons. The Morgan fingerprint density at radius 2 is 2.40 bits per heavy atom. The lowest BCUT2D eigenvalue weighted by Crippen LogP contribution is -2.16. The van der Waals surface area contributed by atoms with E-state index in [-0.39, 0.29) is 6.42 Å². The molecule has 2 aromatic heterocycles. The minimum atomic E-state index is -0.909. The first kappa shape index (κ1) is 9.67. The highest BCUT2D eigenvalue weighted by molar-refractivity contribution is 5.67. The van der Waals surface area contributed by atoms with E-state index < -0.39 is 12.0 Å². The van der Waals surface area contributed by atoms with Crippen LogP contribution in [-0.2, 0) is 4.79 Å². The topological polar surface area (TPSA) is 80.6 Å². The molecule has 0 fully saturated rings. The lowest BCUT2D eigenvalue weighted by Gasteiger charge is -2.07. The lowest BCUT2D eigenvalue weighted by molar-refractivity contribution is -0.137. The monoisotopic (exact) mass is 205 g/mol. The number of fused-ring (bicyclic) bond motifs is 1. The minimum absolute atomic E-state index is 0.0946. The van der Waals surface area contributed by atoms with Gasteiger partial charge in [-0.25, -0.2) is 4.98 Å². The Morgan fingerprint density at radius 3 is 3.13 bits per heavy atom. The van der Waals surface area contributed by atoms with Crippen LogP contribution in [0.25, 0.3) is 5.65 Å². The minimum Gasteiger partial charge on any atom is -0.481 e. The molecule has 2 rings (SSSR count). The van der Waals surface area contributed by atoms with Crippen LogP contribution in [0, 0.1) is 0 Å². The van der Waals surface area contributed by atoms with Gasteiger partial charge in [0.15, 0.2) is 0 Å². The molecule has 15 heavy (non-hydrogen) atoms. The van der Waals surface area contributed by atoms with Crippen LogP contribution in [0.4, 0.5) is 0 Å². The van der Waals surface area contributed by atoms with E-state index in [0.29, 0.717) is 5.69 Å². The highest BCUT2D eigenvalue weighted by Gasteiger charge is 2.14. The molecule has 0 aromatic carbocycles. The largest absolute Gasteiger partial charge is 0.481 e. The smallest absolute Gasteiger partial charge is 0.305 e. The second-order valence-corrected chi connectivity index (χ2v) is 3.32. The number of aromatic nitrogens is 2. The highest BCUT2D eigenvalue weighted by atomic mass is 16.4. The van der Waals surface area contributed by atoms with Crippen LogP contribution in [0.3, 0.4) is 0 Å². The van der Waals surface area contributed by atoms with Crippen molar-refractivity contribution in [3.63, 3.8) is 0 Å². The van der Waals surface area contributed by atoms with E-state index in [0.717, 1.165) is 5.65 Å². The maximum absolute atomic E-state index is 10.5. The predicted molar refractivity (Wildman–Crippen MR) is 54.4 cm³/mol. The third-order valence-electron chi connectivity index (χ3n) is 2.22. The fraction of sp³-hybridized carbons (Fsp3) is 0.200. The Hall–Kier alpha value is -1.88. The van der Waals surface area contributed by atoms with Gasteiger partial charge in [0.25, 0.3) is 0 Å². The highest BCUT2D eigenvalue weighted by Crippen LogP contribution is 2.15. The van der Waals surface area contributed by atoms with Crippen LogP contribution in [0.5, 0.6) is 0 Å². The molecule has 0 aliphatic heterocycles.